The molecule has 0 amide bonds. The van der Waals surface area contributed by atoms with Crippen LogP contribution in [-0.4, -0.2) is 42.1 Å². The average molecular weight is 316 g/mol. The van der Waals surface area contributed by atoms with Crippen LogP contribution in [0.15, 0.2) is 6.07 Å². The van der Waals surface area contributed by atoms with Crippen LogP contribution in [0.2, 0.25) is 0 Å². The van der Waals surface area contributed by atoms with Crippen LogP contribution in [0.1, 0.15) is 13.3 Å². The van der Waals surface area contributed by atoms with E-state index in [1.807, 2.05) is 0 Å². The van der Waals surface area contributed by atoms with Gasteiger partial charge in [-0.15, -0.1) is 0 Å². The number of rotatable bonds is 3. The van der Waals surface area contributed by atoms with E-state index in [4.69, 9.17) is 9.47 Å². The number of piperidine rings is 1. The van der Waals surface area contributed by atoms with Crippen LogP contribution in [0, 0.1) is 5.92 Å². The van der Waals surface area contributed by atoms with E-state index < -0.39 is 0 Å². The molecule has 0 aliphatic carbocycles. The zero-order chi connectivity index (χ0) is 13.1. The van der Waals surface area contributed by atoms with Gasteiger partial charge in [0.25, 0.3) is 0 Å². The van der Waals surface area contributed by atoms with E-state index in [9.17, 15) is 0 Å². The molecule has 1 aliphatic rings. The first-order valence-electron chi connectivity index (χ1n) is 6.00. The first-order chi connectivity index (χ1) is 8.63. The summed E-state index contributed by atoms with van der Waals surface area (Å²) in [5.41, 5.74) is 0. The van der Waals surface area contributed by atoms with Gasteiger partial charge < -0.3 is 14.4 Å². The fraction of sp³-hybridized carbons (Fsp3) is 0.667. The van der Waals surface area contributed by atoms with Gasteiger partial charge in [0.15, 0.2) is 0 Å². The molecule has 1 aromatic rings. The van der Waals surface area contributed by atoms with E-state index in [0.29, 0.717) is 28.5 Å². The quantitative estimate of drug-likeness (QED) is 0.799. The lowest BCUT2D eigenvalue weighted by Crippen LogP contribution is -2.40. The molecule has 2 atom stereocenters. The summed E-state index contributed by atoms with van der Waals surface area (Å²) >= 11 is 3.69. The number of aromatic nitrogens is 2. The minimum atomic E-state index is 0.533. The van der Waals surface area contributed by atoms with Crippen LogP contribution in [0.25, 0.3) is 0 Å². The first-order valence-corrected chi connectivity index (χ1v) is 6.91. The molecule has 1 fully saturated rings. The molecule has 100 valence electrons. The number of methoxy groups -OCH3 is 2. The summed E-state index contributed by atoms with van der Waals surface area (Å²) < 4.78 is 10.3. The van der Waals surface area contributed by atoms with Crippen LogP contribution in [0.3, 0.4) is 0 Å². The van der Waals surface area contributed by atoms with Crippen molar-refractivity contribution in [3.8, 4) is 11.8 Å². The van der Waals surface area contributed by atoms with Gasteiger partial charge >= 0.3 is 0 Å². The van der Waals surface area contributed by atoms with Crippen molar-refractivity contribution in [1.82, 2.24) is 9.97 Å². The Balaban J connectivity index is 2.22. The number of halogens is 1. The van der Waals surface area contributed by atoms with Crippen molar-refractivity contribution >= 4 is 21.9 Å². The molecule has 2 unspecified atom stereocenters. The summed E-state index contributed by atoms with van der Waals surface area (Å²) in [7, 11) is 3.19. The second kappa shape index (κ2) is 5.73. The van der Waals surface area contributed by atoms with Gasteiger partial charge in [0.05, 0.1) is 20.3 Å². The normalized spacial score (nSPS) is 23.9. The van der Waals surface area contributed by atoms with Gasteiger partial charge in [-0.05, 0) is 12.3 Å². The van der Waals surface area contributed by atoms with Crippen LogP contribution in [0.4, 0.5) is 5.95 Å². The third kappa shape index (κ3) is 2.85. The third-order valence-corrected chi connectivity index (χ3v) is 4.53. The van der Waals surface area contributed by atoms with E-state index in [0.717, 1.165) is 19.5 Å². The number of hydrogen-bond acceptors (Lipinski definition) is 5. The maximum atomic E-state index is 5.17. The van der Waals surface area contributed by atoms with Crippen molar-refractivity contribution in [2.45, 2.75) is 18.2 Å². The van der Waals surface area contributed by atoms with Gasteiger partial charge in [0.1, 0.15) is 0 Å². The molecular formula is C12H18BrN3O2. The topological polar surface area (TPSA) is 47.5 Å². The van der Waals surface area contributed by atoms with Gasteiger partial charge in [-0.2, -0.15) is 9.97 Å². The Morgan fingerprint density at radius 3 is 2.39 bits per heavy atom. The fourth-order valence-electron chi connectivity index (χ4n) is 2.04. The first kappa shape index (κ1) is 13.4. The van der Waals surface area contributed by atoms with Crippen molar-refractivity contribution < 1.29 is 9.47 Å². The molecule has 1 saturated heterocycles. The zero-order valence-corrected chi connectivity index (χ0v) is 12.5. The highest BCUT2D eigenvalue weighted by Gasteiger charge is 2.26. The lowest BCUT2D eigenvalue weighted by atomic mass is 10.0. The highest BCUT2D eigenvalue weighted by Crippen LogP contribution is 2.27. The predicted molar refractivity (Wildman–Crippen MR) is 73.8 cm³/mol. The highest BCUT2D eigenvalue weighted by molar-refractivity contribution is 9.09. The van der Waals surface area contributed by atoms with Crippen LogP contribution in [0.5, 0.6) is 11.8 Å². The molecule has 18 heavy (non-hydrogen) atoms. The van der Waals surface area contributed by atoms with Gasteiger partial charge in [-0.25, -0.2) is 0 Å². The lowest BCUT2D eigenvalue weighted by molar-refractivity contribution is 0.369. The van der Waals surface area contributed by atoms with Crippen LogP contribution >= 0.6 is 15.9 Å². The number of alkyl halides is 1. The minimum absolute atomic E-state index is 0.533. The van der Waals surface area contributed by atoms with E-state index >= 15 is 0 Å². The zero-order valence-electron chi connectivity index (χ0n) is 10.9. The van der Waals surface area contributed by atoms with Crippen molar-refractivity contribution in [1.29, 1.82) is 0 Å². The van der Waals surface area contributed by atoms with E-state index in [1.54, 1.807) is 20.3 Å². The molecule has 0 saturated carbocycles. The van der Waals surface area contributed by atoms with Crippen molar-refractivity contribution in [3.05, 3.63) is 6.07 Å². The fourth-order valence-corrected chi connectivity index (χ4v) is 2.41. The molecule has 6 heteroatoms. The molecule has 1 aliphatic heterocycles. The SMILES string of the molecule is COc1cc(OC)nc(N2CCC(Br)C(C)C2)n1. The Labute approximate surface area is 116 Å². The molecule has 0 N–H and O–H groups in total. The van der Waals surface area contributed by atoms with Gasteiger partial charge in [-0.1, -0.05) is 22.9 Å². The highest BCUT2D eigenvalue weighted by atomic mass is 79.9. The summed E-state index contributed by atoms with van der Waals surface area (Å²) in [5.74, 6) is 2.31. The van der Waals surface area contributed by atoms with E-state index in [1.165, 1.54) is 0 Å². The van der Waals surface area contributed by atoms with Crippen molar-refractivity contribution in [2.75, 3.05) is 32.2 Å². The Morgan fingerprint density at radius 2 is 1.89 bits per heavy atom. The maximum absolute atomic E-state index is 5.17. The molecule has 0 spiro atoms. The molecule has 0 aromatic carbocycles. The smallest absolute Gasteiger partial charge is 0.231 e. The summed E-state index contributed by atoms with van der Waals surface area (Å²) in [4.78, 5) is 11.5. The van der Waals surface area contributed by atoms with Crippen molar-refractivity contribution in [3.63, 3.8) is 0 Å². The molecule has 0 radical (unpaired) electrons. The Morgan fingerprint density at radius 1 is 1.28 bits per heavy atom. The van der Waals surface area contributed by atoms with Gasteiger partial charge in [0.2, 0.25) is 17.7 Å². The summed E-state index contributed by atoms with van der Waals surface area (Å²) in [5, 5.41) is 0. The molecule has 5 nitrogen and oxygen atoms in total. The van der Waals surface area contributed by atoms with Gasteiger partial charge in [-0.3, -0.25) is 0 Å². The number of nitrogens with zero attached hydrogens (tertiary/aromatic N) is 3. The molecule has 2 heterocycles. The summed E-state index contributed by atoms with van der Waals surface area (Å²) in [6.45, 7) is 4.10. The predicted octanol–water partition coefficient (Wildman–Crippen LogP) is 2.10. The largest absolute Gasteiger partial charge is 0.481 e. The monoisotopic (exact) mass is 315 g/mol. The Bertz CT molecular complexity index is 394. The number of hydrogen-bond donors (Lipinski definition) is 0. The minimum Gasteiger partial charge on any atom is -0.481 e. The second-order valence-corrected chi connectivity index (χ2v) is 5.66. The average Bonchev–Trinajstić information content (AvgIpc) is 2.41. The number of anilines is 1. The Kier molecular flexibility index (Phi) is 4.27. The maximum Gasteiger partial charge on any atom is 0.231 e. The molecule has 1 aromatic heterocycles. The molecular weight excluding hydrogens is 298 g/mol. The molecule has 0 bridgehead atoms. The van der Waals surface area contributed by atoms with Crippen LogP contribution < -0.4 is 14.4 Å². The van der Waals surface area contributed by atoms with Gasteiger partial charge in [0, 0.05) is 17.9 Å². The van der Waals surface area contributed by atoms with Crippen molar-refractivity contribution in [2.24, 2.45) is 5.92 Å². The van der Waals surface area contributed by atoms with E-state index in [-0.39, 0.29) is 0 Å². The molecule has 2 rings (SSSR count). The summed E-state index contributed by atoms with van der Waals surface area (Å²) in [6, 6.07) is 1.68. The van der Waals surface area contributed by atoms with E-state index in [2.05, 4.69) is 37.7 Å². The standard InChI is InChI=1S/C12H18BrN3O2/c1-8-7-16(5-4-9(8)13)12-14-10(17-2)6-11(15-12)18-3/h6,8-9H,4-5,7H2,1-3H3. The third-order valence-electron chi connectivity index (χ3n) is 3.17. The lowest BCUT2D eigenvalue weighted by Gasteiger charge is -2.34. The summed E-state index contributed by atoms with van der Waals surface area (Å²) in [6.07, 6.45) is 1.09. The second-order valence-electron chi connectivity index (χ2n) is 4.48. The Hall–Kier alpha value is -1.04. The van der Waals surface area contributed by atoms with Crippen LogP contribution in [-0.2, 0) is 0 Å². The number of ether oxygens (including phenoxy) is 2.